The number of amidine groups is 1. The van der Waals surface area contributed by atoms with Crippen LogP contribution in [0.15, 0.2) is 52.4 Å². The summed E-state index contributed by atoms with van der Waals surface area (Å²) < 4.78 is 94.4. The number of piperidine rings is 1. The molecule has 11 nitrogen and oxygen atoms in total. The lowest BCUT2D eigenvalue weighted by molar-refractivity contribution is -0.274. The number of nitrogens with zero attached hydrogens (tertiary/aromatic N) is 2. The van der Waals surface area contributed by atoms with Crippen LogP contribution in [0.4, 0.5) is 13.2 Å². The van der Waals surface area contributed by atoms with Crippen LogP contribution in [-0.4, -0.2) is 92.3 Å². The van der Waals surface area contributed by atoms with Crippen molar-refractivity contribution in [3.8, 4) is 5.75 Å². The lowest BCUT2D eigenvalue weighted by Gasteiger charge is -2.34. The zero-order chi connectivity index (χ0) is 31.6. The van der Waals surface area contributed by atoms with Crippen LogP contribution in [0.25, 0.3) is 0 Å². The van der Waals surface area contributed by atoms with E-state index in [-0.39, 0.29) is 66.6 Å². The van der Waals surface area contributed by atoms with Crippen molar-refractivity contribution in [3.05, 3.63) is 59.2 Å². The molecule has 43 heavy (non-hydrogen) atoms. The van der Waals surface area contributed by atoms with Crippen LogP contribution in [0.2, 0.25) is 0 Å². The average Bonchev–Trinajstić information content (AvgIpc) is 3.25. The predicted molar refractivity (Wildman–Crippen MR) is 150 cm³/mol. The summed E-state index contributed by atoms with van der Waals surface area (Å²) >= 11 is 0. The molecule has 0 aliphatic carbocycles. The fourth-order valence-corrected chi connectivity index (χ4v) is 7.90. The number of aliphatic hydroxyl groups is 2. The monoisotopic (exact) mass is 647 g/mol. The number of halogens is 3. The number of rotatable bonds is 11. The molecular formula is C27H32F3N3O8S2. The summed E-state index contributed by atoms with van der Waals surface area (Å²) in [6, 6.07) is 9.44. The van der Waals surface area contributed by atoms with Crippen LogP contribution in [0, 0.1) is 6.92 Å². The van der Waals surface area contributed by atoms with Crippen molar-refractivity contribution in [2.45, 2.75) is 55.5 Å². The fraction of sp³-hybridized carbons (Fsp3) is 0.481. The van der Waals surface area contributed by atoms with Gasteiger partial charge in [0.15, 0.2) is 9.84 Å². The Labute approximate surface area is 247 Å². The van der Waals surface area contributed by atoms with E-state index in [0.717, 1.165) is 12.1 Å². The number of benzene rings is 2. The van der Waals surface area contributed by atoms with E-state index in [1.807, 2.05) is 0 Å². The highest BCUT2D eigenvalue weighted by Gasteiger charge is 2.47. The summed E-state index contributed by atoms with van der Waals surface area (Å²) in [5, 5.41) is 21.0. The molecule has 1 fully saturated rings. The van der Waals surface area contributed by atoms with Gasteiger partial charge in [-0.1, -0.05) is 18.2 Å². The summed E-state index contributed by atoms with van der Waals surface area (Å²) in [7, 11) is -7.45. The van der Waals surface area contributed by atoms with E-state index in [2.05, 4.69) is 15.0 Å². The quantitative estimate of drug-likeness (QED) is 0.332. The molecule has 236 valence electrons. The van der Waals surface area contributed by atoms with Crippen molar-refractivity contribution >= 4 is 31.6 Å². The molecule has 2 aromatic carbocycles. The lowest BCUT2D eigenvalue weighted by Crippen LogP contribution is -2.50. The molecular weight excluding hydrogens is 615 g/mol. The number of amides is 1. The molecule has 1 spiro atoms. The highest BCUT2D eigenvalue weighted by atomic mass is 32.2. The Balaban J connectivity index is 1.38. The maximum atomic E-state index is 13.1. The van der Waals surface area contributed by atoms with Crippen molar-refractivity contribution in [1.29, 1.82) is 0 Å². The number of alkyl halides is 3. The molecule has 2 aliphatic heterocycles. The Morgan fingerprint density at radius 3 is 2.42 bits per heavy atom. The first kappa shape index (κ1) is 32.9. The van der Waals surface area contributed by atoms with Crippen LogP contribution in [0.5, 0.6) is 5.75 Å². The van der Waals surface area contributed by atoms with Gasteiger partial charge in [-0.05, 0) is 68.0 Å². The molecule has 0 unspecified atom stereocenters. The fourth-order valence-electron chi connectivity index (χ4n) is 4.98. The Morgan fingerprint density at radius 2 is 1.79 bits per heavy atom. The third kappa shape index (κ3) is 7.92. The Hall–Kier alpha value is -3.05. The number of sulfone groups is 1. The minimum absolute atomic E-state index is 0.0135. The second-order valence-corrected chi connectivity index (χ2v) is 14.7. The van der Waals surface area contributed by atoms with Crippen LogP contribution in [-0.2, 0) is 31.1 Å². The van der Waals surface area contributed by atoms with Crippen LogP contribution < -0.4 is 10.1 Å². The summed E-state index contributed by atoms with van der Waals surface area (Å²) in [6.45, 7) is 1.16. The van der Waals surface area contributed by atoms with Gasteiger partial charge in [0, 0.05) is 18.7 Å². The van der Waals surface area contributed by atoms with Crippen LogP contribution in [0.1, 0.15) is 36.0 Å². The predicted octanol–water partition coefficient (Wildman–Crippen LogP) is 1.69. The number of sulfonamides is 1. The number of aliphatic hydroxyl groups excluding tert-OH is 2. The molecule has 2 aromatic rings. The first-order chi connectivity index (χ1) is 20.0. The highest BCUT2D eigenvalue weighted by Crippen LogP contribution is 2.33. The van der Waals surface area contributed by atoms with Gasteiger partial charge in [0.25, 0.3) is 5.91 Å². The molecule has 3 N–H and O–H groups in total. The van der Waals surface area contributed by atoms with Gasteiger partial charge in [0.05, 0.1) is 29.1 Å². The maximum Gasteiger partial charge on any atom is 0.573 e. The number of aliphatic imine (C=N–C) groups is 1. The standard InChI is InChI=1S/C27H32F3N3O8S2/c1-18-15-23(42(37,38)13-8-21(35)17-34)6-5-19(18)7-14-43(39,40)33-11-9-26(10-12-33)25(36)31-24(32-26)20-3-2-4-22(16-20)41-27(28,29)30/h2-6,15-16,21,34-35H,7-14,17H2,1H3,(H,31,32,36)/t21-/m1/s1. The largest absolute Gasteiger partial charge is 0.573 e. The third-order valence-electron chi connectivity index (χ3n) is 7.50. The van der Waals surface area contributed by atoms with Gasteiger partial charge in [-0.15, -0.1) is 13.2 Å². The van der Waals surface area contributed by atoms with E-state index in [1.165, 1.54) is 28.6 Å². The van der Waals surface area contributed by atoms with Gasteiger partial charge in [-0.3, -0.25) is 9.79 Å². The molecule has 0 radical (unpaired) electrons. The third-order valence-corrected chi connectivity index (χ3v) is 11.1. The second-order valence-electron chi connectivity index (χ2n) is 10.5. The zero-order valence-corrected chi connectivity index (χ0v) is 24.8. The molecule has 0 bridgehead atoms. The minimum Gasteiger partial charge on any atom is -0.406 e. The lowest BCUT2D eigenvalue weighted by atomic mass is 9.89. The highest BCUT2D eigenvalue weighted by molar-refractivity contribution is 7.91. The molecule has 1 atom stereocenters. The van der Waals surface area contributed by atoms with Crippen molar-refractivity contribution < 1.29 is 49.8 Å². The first-order valence-electron chi connectivity index (χ1n) is 13.4. The second kappa shape index (κ2) is 12.5. The van der Waals surface area contributed by atoms with Gasteiger partial charge in [-0.25, -0.2) is 21.1 Å². The number of carbonyl (C=O) groups is 1. The Kier molecular flexibility index (Phi) is 9.56. The van der Waals surface area contributed by atoms with E-state index in [9.17, 15) is 39.9 Å². The van der Waals surface area contributed by atoms with E-state index >= 15 is 0 Å². The van der Waals surface area contributed by atoms with E-state index < -0.39 is 56.1 Å². The molecule has 1 saturated heterocycles. The molecule has 16 heteroatoms. The molecule has 0 aromatic heterocycles. The Bertz CT molecular complexity index is 1600. The van der Waals surface area contributed by atoms with E-state index in [4.69, 9.17) is 5.11 Å². The van der Waals surface area contributed by atoms with Crippen LogP contribution >= 0.6 is 0 Å². The van der Waals surface area contributed by atoms with Gasteiger partial charge in [0.1, 0.15) is 17.1 Å². The normalized spacial score (nSPS) is 18.4. The molecule has 2 aliphatic rings. The van der Waals surface area contributed by atoms with Crippen molar-refractivity contribution in [1.82, 2.24) is 9.62 Å². The smallest absolute Gasteiger partial charge is 0.406 e. The SMILES string of the molecule is Cc1cc(S(=O)(=O)CC[C@@H](O)CO)ccc1CCS(=O)(=O)N1CCC2(CC1)N=C(c1cccc(OC(F)(F)F)c1)NC2=O. The summed E-state index contributed by atoms with van der Waals surface area (Å²) in [6.07, 6.45) is -5.85. The zero-order valence-electron chi connectivity index (χ0n) is 23.2. The van der Waals surface area contributed by atoms with Gasteiger partial charge in [0.2, 0.25) is 10.0 Å². The molecule has 1 amide bonds. The number of ether oxygens (including phenoxy) is 1. The summed E-state index contributed by atoms with van der Waals surface area (Å²) in [5.74, 6) is -1.44. The minimum atomic E-state index is -4.88. The molecule has 2 heterocycles. The average molecular weight is 648 g/mol. The summed E-state index contributed by atoms with van der Waals surface area (Å²) in [5.41, 5.74) is 0.213. The van der Waals surface area contributed by atoms with E-state index in [1.54, 1.807) is 13.0 Å². The topological polar surface area (TPSA) is 163 Å². The first-order valence-corrected chi connectivity index (χ1v) is 16.7. The number of carbonyl (C=O) groups excluding carboxylic acids is 1. The van der Waals surface area contributed by atoms with E-state index in [0.29, 0.717) is 11.1 Å². The number of nitrogens with one attached hydrogen (secondary N) is 1. The van der Waals surface area contributed by atoms with Crippen molar-refractivity contribution in [2.75, 3.05) is 31.2 Å². The van der Waals surface area contributed by atoms with Crippen molar-refractivity contribution in [3.63, 3.8) is 0 Å². The Morgan fingerprint density at radius 1 is 1.09 bits per heavy atom. The molecule has 4 rings (SSSR count). The van der Waals surface area contributed by atoms with Crippen LogP contribution in [0.3, 0.4) is 0 Å². The molecule has 0 saturated carbocycles. The number of aryl methyl sites for hydroxylation is 2. The van der Waals surface area contributed by atoms with Gasteiger partial charge >= 0.3 is 6.36 Å². The number of hydrogen-bond acceptors (Lipinski definition) is 9. The summed E-state index contributed by atoms with van der Waals surface area (Å²) in [4.78, 5) is 17.4. The van der Waals surface area contributed by atoms with Crippen molar-refractivity contribution in [2.24, 2.45) is 4.99 Å². The number of hydrogen-bond donors (Lipinski definition) is 3. The van der Waals surface area contributed by atoms with Gasteiger partial charge in [-0.2, -0.15) is 0 Å². The van der Waals surface area contributed by atoms with Gasteiger partial charge < -0.3 is 20.3 Å². The maximum absolute atomic E-state index is 13.1.